The number of carbonyl (C=O) groups is 2. The summed E-state index contributed by atoms with van der Waals surface area (Å²) in [7, 11) is 0. The number of benzene rings is 2. The van der Waals surface area contributed by atoms with Gasteiger partial charge in [-0.15, -0.1) is 0 Å². The van der Waals surface area contributed by atoms with Crippen LogP contribution in [0.2, 0.25) is 0 Å². The average Bonchev–Trinajstić information content (AvgIpc) is 2.65. The Kier molecular flexibility index (Phi) is 5.82. The maximum atomic E-state index is 12.8. The fourth-order valence-electron chi connectivity index (χ4n) is 3.38. The number of carboxylic acid groups (broad SMARTS) is 1. The molecule has 1 amide bonds. The van der Waals surface area contributed by atoms with E-state index in [4.69, 9.17) is 9.47 Å². The number of hydrogen-bond donors (Lipinski definition) is 1. The molecule has 0 radical (unpaired) electrons. The highest BCUT2D eigenvalue weighted by Crippen LogP contribution is 2.26. The zero-order valence-corrected chi connectivity index (χ0v) is 17.3. The molecule has 0 saturated heterocycles. The zero-order valence-electron chi connectivity index (χ0n) is 17.3. The van der Waals surface area contributed by atoms with Crippen molar-refractivity contribution in [1.82, 2.24) is 4.90 Å². The number of nitrogens with zero attached hydrogens (tertiary/aromatic N) is 1. The van der Waals surface area contributed by atoms with Crippen molar-refractivity contribution in [1.29, 1.82) is 0 Å². The van der Waals surface area contributed by atoms with Crippen molar-refractivity contribution in [2.24, 2.45) is 0 Å². The molecule has 6 heteroatoms. The van der Waals surface area contributed by atoms with Gasteiger partial charge in [-0.1, -0.05) is 30.3 Å². The molecular formula is C23H27NO5. The summed E-state index contributed by atoms with van der Waals surface area (Å²) in [5.41, 5.74) is 2.56. The van der Waals surface area contributed by atoms with Crippen LogP contribution < -0.4 is 4.74 Å². The van der Waals surface area contributed by atoms with Gasteiger partial charge in [0.25, 0.3) is 0 Å². The number of hydrogen-bond acceptors (Lipinski definition) is 4. The first kappa shape index (κ1) is 20.7. The topological polar surface area (TPSA) is 76.1 Å². The molecule has 1 N–H and O–H groups in total. The number of aryl methyl sites for hydroxylation is 1. The minimum Gasteiger partial charge on any atom is -0.491 e. The minimum absolute atomic E-state index is 0.209. The maximum absolute atomic E-state index is 12.8. The second-order valence-electron chi connectivity index (χ2n) is 8.33. The molecule has 6 nitrogen and oxygen atoms in total. The summed E-state index contributed by atoms with van der Waals surface area (Å²) >= 11 is 0. The summed E-state index contributed by atoms with van der Waals surface area (Å²) in [6, 6.07) is 12.8. The van der Waals surface area contributed by atoms with Gasteiger partial charge in [-0.3, -0.25) is 4.90 Å². The Bertz CT molecular complexity index is 916. The lowest BCUT2D eigenvalue weighted by atomic mass is 9.94. The van der Waals surface area contributed by atoms with Crippen molar-refractivity contribution in [3.63, 3.8) is 0 Å². The summed E-state index contributed by atoms with van der Waals surface area (Å²) in [6.07, 6.45) is 0.267. The van der Waals surface area contributed by atoms with E-state index in [9.17, 15) is 14.7 Å². The van der Waals surface area contributed by atoms with Crippen molar-refractivity contribution >= 4 is 12.1 Å². The van der Waals surface area contributed by atoms with Gasteiger partial charge in [-0.25, -0.2) is 9.59 Å². The van der Waals surface area contributed by atoms with Crippen LogP contribution >= 0.6 is 0 Å². The van der Waals surface area contributed by atoms with E-state index in [1.54, 1.807) is 24.0 Å². The Balaban J connectivity index is 1.80. The predicted octanol–water partition coefficient (Wildman–Crippen LogP) is 4.43. The predicted molar refractivity (Wildman–Crippen MR) is 109 cm³/mol. The van der Waals surface area contributed by atoms with Crippen molar-refractivity contribution in [3.05, 3.63) is 64.7 Å². The number of aromatic carboxylic acids is 1. The van der Waals surface area contributed by atoms with Crippen LogP contribution in [0.25, 0.3) is 0 Å². The van der Waals surface area contributed by atoms with Crippen LogP contribution in [-0.4, -0.2) is 40.3 Å². The smallest absolute Gasteiger partial charge is 0.410 e. The molecule has 2 aromatic rings. The molecule has 0 aliphatic carbocycles. The summed E-state index contributed by atoms with van der Waals surface area (Å²) < 4.78 is 11.5. The van der Waals surface area contributed by atoms with Gasteiger partial charge < -0.3 is 14.6 Å². The zero-order chi connectivity index (χ0) is 21.2. The molecule has 1 atom stereocenters. The van der Waals surface area contributed by atoms with Gasteiger partial charge in [0.1, 0.15) is 18.0 Å². The van der Waals surface area contributed by atoms with E-state index in [0.717, 1.165) is 5.56 Å². The van der Waals surface area contributed by atoms with Gasteiger partial charge in [-0.2, -0.15) is 0 Å². The van der Waals surface area contributed by atoms with Crippen molar-refractivity contribution in [2.45, 2.75) is 52.3 Å². The van der Waals surface area contributed by atoms with Crippen LogP contribution in [0, 0.1) is 6.92 Å². The Morgan fingerprint density at radius 2 is 1.83 bits per heavy atom. The second kappa shape index (κ2) is 8.15. The number of ether oxygens (including phenoxy) is 2. The van der Waals surface area contributed by atoms with E-state index in [0.29, 0.717) is 24.3 Å². The van der Waals surface area contributed by atoms with E-state index in [1.807, 2.05) is 39.0 Å². The number of carbonyl (C=O) groups excluding carboxylic acids is 1. The molecule has 1 aliphatic rings. The third-order valence-electron chi connectivity index (χ3n) is 4.87. The number of rotatable bonds is 4. The average molecular weight is 397 g/mol. The Morgan fingerprint density at radius 1 is 1.14 bits per heavy atom. The third-order valence-corrected chi connectivity index (χ3v) is 4.87. The summed E-state index contributed by atoms with van der Waals surface area (Å²) in [5.74, 6) is -0.522. The molecule has 0 aromatic heterocycles. The highest BCUT2D eigenvalue weighted by atomic mass is 16.6. The fraction of sp³-hybridized carbons (Fsp3) is 0.391. The van der Waals surface area contributed by atoms with Crippen molar-refractivity contribution < 1.29 is 24.2 Å². The van der Waals surface area contributed by atoms with Gasteiger partial charge in [0, 0.05) is 6.54 Å². The van der Waals surface area contributed by atoms with Gasteiger partial charge in [0.2, 0.25) is 0 Å². The van der Waals surface area contributed by atoms with E-state index in [-0.39, 0.29) is 24.3 Å². The summed E-state index contributed by atoms with van der Waals surface area (Å²) in [5, 5.41) is 9.31. The SMILES string of the molecule is Cc1ccc(OCC2Cc3ccccc3CN2C(=O)OC(C)(C)C)cc1C(=O)O. The molecule has 0 bridgehead atoms. The van der Waals surface area contributed by atoms with Gasteiger partial charge in [0.05, 0.1) is 11.6 Å². The molecule has 2 aromatic carbocycles. The number of amides is 1. The van der Waals surface area contributed by atoms with E-state index < -0.39 is 11.6 Å². The third kappa shape index (κ3) is 5.08. The van der Waals surface area contributed by atoms with Gasteiger partial charge in [0.15, 0.2) is 0 Å². The summed E-state index contributed by atoms with van der Waals surface area (Å²) in [4.78, 5) is 25.9. The van der Waals surface area contributed by atoms with Crippen LogP contribution in [0.15, 0.2) is 42.5 Å². The largest absolute Gasteiger partial charge is 0.491 e. The molecule has 0 spiro atoms. The fourth-order valence-corrected chi connectivity index (χ4v) is 3.38. The molecule has 154 valence electrons. The quantitative estimate of drug-likeness (QED) is 0.826. The Hall–Kier alpha value is -3.02. The highest BCUT2D eigenvalue weighted by Gasteiger charge is 2.33. The Labute approximate surface area is 171 Å². The number of carboxylic acids is 1. The molecule has 1 heterocycles. The Morgan fingerprint density at radius 3 is 2.48 bits per heavy atom. The van der Waals surface area contributed by atoms with Crippen LogP contribution in [0.4, 0.5) is 4.79 Å². The maximum Gasteiger partial charge on any atom is 0.410 e. The first-order valence-corrected chi connectivity index (χ1v) is 9.67. The van der Waals surface area contributed by atoms with E-state index in [2.05, 4.69) is 6.07 Å². The molecule has 0 fully saturated rings. The standard InChI is InChI=1S/C23H27NO5/c1-15-9-10-19(12-20(15)21(25)26)28-14-18-11-16-7-5-6-8-17(16)13-24(18)22(27)29-23(2,3)4/h5-10,12,18H,11,13-14H2,1-4H3,(H,25,26). The highest BCUT2D eigenvalue weighted by molar-refractivity contribution is 5.89. The molecule has 29 heavy (non-hydrogen) atoms. The van der Waals surface area contributed by atoms with Crippen molar-refractivity contribution in [2.75, 3.05) is 6.61 Å². The number of fused-ring (bicyclic) bond motifs is 1. The molecule has 0 saturated carbocycles. The lowest BCUT2D eigenvalue weighted by Gasteiger charge is -2.37. The van der Waals surface area contributed by atoms with Crippen molar-refractivity contribution in [3.8, 4) is 5.75 Å². The lowest BCUT2D eigenvalue weighted by Crippen LogP contribution is -2.49. The van der Waals surface area contributed by atoms with Crippen LogP contribution in [0.3, 0.4) is 0 Å². The first-order chi connectivity index (χ1) is 13.6. The molecule has 1 aliphatic heterocycles. The molecule has 3 rings (SSSR count). The summed E-state index contributed by atoms with van der Waals surface area (Å²) in [6.45, 7) is 7.97. The lowest BCUT2D eigenvalue weighted by molar-refractivity contribution is 0.00623. The molecule has 1 unspecified atom stereocenters. The second-order valence-corrected chi connectivity index (χ2v) is 8.33. The normalized spacial score (nSPS) is 16.1. The first-order valence-electron chi connectivity index (χ1n) is 9.67. The minimum atomic E-state index is -0.991. The van der Waals surface area contributed by atoms with Crippen LogP contribution in [0.1, 0.15) is 47.8 Å². The molecular weight excluding hydrogens is 370 g/mol. The van der Waals surface area contributed by atoms with E-state index >= 15 is 0 Å². The van der Waals surface area contributed by atoms with Gasteiger partial charge in [-0.05, 0) is 62.9 Å². The van der Waals surface area contributed by atoms with Crippen LogP contribution in [0.5, 0.6) is 5.75 Å². The van der Waals surface area contributed by atoms with Crippen LogP contribution in [-0.2, 0) is 17.7 Å². The monoisotopic (exact) mass is 397 g/mol. The van der Waals surface area contributed by atoms with E-state index in [1.165, 1.54) is 11.6 Å². The van der Waals surface area contributed by atoms with Gasteiger partial charge >= 0.3 is 12.1 Å².